The van der Waals surface area contributed by atoms with E-state index in [9.17, 15) is 14.7 Å². The van der Waals surface area contributed by atoms with Crippen LogP contribution in [-0.2, 0) is 16.0 Å². The van der Waals surface area contributed by atoms with E-state index in [1.807, 2.05) is 18.4 Å². The van der Waals surface area contributed by atoms with Gasteiger partial charge in [-0.1, -0.05) is 6.92 Å². The van der Waals surface area contributed by atoms with E-state index in [4.69, 9.17) is 4.74 Å². The number of carbonyl (C=O) groups excluding carboxylic acids is 1. The smallest absolute Gasteiger partial charge is 0.311 e. The number of thiophene rings is 1. The summed E-state index contributed by atoms with van der Waals surface area (Å²) >= 11 is 1.44. The Hall–Kier alpha value is -1.40. The molecule has 0 radical (unpaired) electrons. The number of aliphatic carboxylic acids is 1. The van der Waals surface area contributed by atoms with Gasteiger partial charge in [0.1, 0.15) is 0 Å². The molecule has 2 aliphatic heterocycles. The number of amides is 1. The Labute approximate surface area is 127 Å². The van der Waals surface area contributed by atoms with Gasteiger partial charge in [-0.2, -0.15) is 0 Å². The van der Waals surface area contributed by atoms with Gasteiger partial charge in [-0.25, -0.2) is 0 Å². The highest BCUT2D eigenvalue weighted by Gasteiger charge is 2.55. The van der Waals surface area contributed by atoms with Crippen molar-refractivity contribution >= 4 is 23.2 Å². The summed E-state index contributed by atoms with van der Waals surface area (Å²) in [5.41, 5.74) is 0.220. The standard InChI is InChI=1S/C15H19NO4S/c1-2-10-3-6-21-12(10)13(17)16-7-11-8-20-5-4-15(11,9-16)14(18)19/h3,6,11H,2,4-5,7-9H2,1H3,(H,18,19)/t11-,15+/m0/s1. The topological polar surface area (TPSA) is 66.8 Å². The summed E-state index contributed by atoms with van der Waals surface area (Å²) in [6.45, 7) is 3.70. The Kier molecular flexibility index (Phi) is 3.75. The van der Waals surface area contributed by atoms with Crippen molar-refractivity contribution in [2.45, 2.75) is 19.8 Å². The first-order valence-electron chi connectivity index (χ1n) is 7.25. The zero-order chi connectivity index (χ0) is 15.0. The van der Waals surface area contributed by atoms with Crippen LogP contribution in [0.3, 0.4) is 0 Å². The summed E-state index contributed by atoms with van der Waals surface area (Å²) in [4.78, 5) is 26.9. The number of fused-ring (bicyclic) bond motifs is 1. The Morgan fingerprint density at radius 2 is 2.38 bits per heavy atom. The monoisotopic (exact) mass is 309 g/mol. The zero-order valence-electron chi connectivity index (χ0n) is 12.0. The minimum absolute atomic E-state index is 0.0307. The van der Waals surface area contributed by atoms with Crippen molar-refractivity contribution in [1.29, 1.82) is 0 Å². The molecule has 0 aromatic carbocycles. The fraction of sp³-hybridized carbons (Fsp3) is 0.600. The summed E-state index contributed by atoms with van der Waals surface area (Å²) < 4.78 is 5.42. The van der Waals surface area contributed by atoms with Crippen LogP contribution in [0.15, 0.2) is 11.4 Å². The van der Waals surface area contributed by atoms with Crippen molar-refractivity contribution in [3.63, 3.8) is 0 Å². The van der Waals surface area contributed by atoms with Crippen LogP contribution in [0, 0.1) is 11.3 Å². The predicted molar refractivity (Wildman–Crippen MR) is 78.6 cm³/mol. The molecule has 1 aromatic rings. The average Bonchev–Trinajstić information content (AvgIpc) is 3.11. The lowest BCUT2D eigenvalue weighted by molar-refractivity contribution is -0.157. The van der Waals surface area contributed by atoms with Crippen LogP contribution in [-0.4, -0.2) is 48.2 Å². The molecule has 2 aliphatic rings. The predicted octanol–water partition coefficient (Wildman–Crippen LogP) is 1.87. The van der Waals surface area contributed by atoms with Crippen molar-refractivity contribution < 1.29 is 19.4 Å². The fourth-order valence-corrected chi connectivity index (χ4v) is 4.36. The van der Waals surface area contributed by atoms with Gasteiger partial charge in [-0.05, 0) is 29.9 Å². The summed E-state index contributed by atoms with van der Waals surface area (Å²) in [7, 11) is 0. The number of hydrogen-bond donors (Lipinski definition) is 1. The Balaban J connectivity index is 1.85. The number of nitrogens with zero attached hydrogens (tertiary/aromatic N) is 1. The van der Waals surface area contributed by atoms with E-state index in [1.54, 1.807) is 4.90 Å². The van der Waals surface area contributed by atoms with Crippen LogP contribution in [0.2, 0.25) is 0 Å². The number of likely N-dealkylation sites (tertiary alicyclic amines) is 1. The molecule has 21 heavy (non-hydrogen) atoms. The lowest BCUT2D eigenvalue weighted by Gasteiger charge is -2.33. The SMILES string of the molecule is CCc1ccsc1C(=O)N1C[C@H]2COCC[C@@]2(C(=O)O)C1. The minimum Gasteiger partial charge on any atom is -0.481 e. The molecule has 2 fully saturated rings. The molecule has 114 valence electrons. The summed E-state index contributed by atoms with van der Waals surface area (Å²) in [5, 5.41) is 11.6. The lowest BCUT2D eigenvalue weighted by Crippen LogP contribution is -2.45. The average molecular weight is 309 g/mol. The lowest BCUT2D eigenvalue weighted by atomic mass is 9.74. The molecule has 2 atom stereocenters. The van der Waals surface area contributed by atoms with Crippen molar-refractivity contribution in [3.8, 4) is 0 Å². The number of rotatable bonds is 3. The minimum atomic E-state index is -0.822. The maximum Gasteiger partial charge on any atom is 0.311 e. The van der Waals surface area contributed by atoms with Crippen LogP contribution < -0.4 is 0 Å². The molecule has 0 bridgehead atoms. The number of carboxylic acid groups (broad SMARTS) is 1. The van der Waals surface area contributed by atoms with Crippen LogP contribution in [0.5, 0.6) is 0 Å². The number of aryl methyl sites for hydroxylation is 1. The van der Waals surface area contributed by atoms with Crippen molar-refractivity contribution in [3.05, 3.63) is 21.9 Å². The van der Waals surface area contributed by atoms with Crippen molar-refractivity contribution in [2.24, 2.45) is 11.3 Å². The van der Waals surface area contributed by atoms with Gasteiger partial charge in [-0.15, -0.1) is 11.3 Å². The van der Waals surface area contributed by atoms with E-state index in [1.165, 1.54) is 11.3 Å². The van der Waals surface area contributed by atoms with E-state index >= 15 is 0 Å². The number of carbonyl (C=O) groups is 2. The second-order valence-electron chi connectivity index (χ2n) is 5.80. The van der Waals surface area contributed by atoms with E-state index < -0.39 is 11.4 Å². The maximum atomic E-state index is 12.7. The number of ether oxygens (including phenoxy) is 1. The largest absolute Gasteiger partial charge is 0.481 e. The van der Waals surface area contributed by atoms with Crippen LogP contribution in [0.25, 0.3) is 0 Å². The second kappa shape index (κ2) is 5.42. The van der Waals surface area contributed by atoms with Crippen LogP contribution in [0.1, 0.15) is 28.6 Å². The summed E-state index contributed by atoms with van der Waals surface area (Å²) in [6.07, 6.45) is 1.30. The second-order valence-corrected chi connectivity index (χ2v) is 6.71. The molecular weight excluding hydrogens is 290 g/mol. The molecule has 1 N–H and O–H groups in total. The maximum absolute atomic E-state index is 12.7. The first-order valence-corrected chi connectivity index (χ1v) is 8.13. The first kappa shape index (κ1) is 14.5. The molecule has 5 nitrogen and oxygen atoms in total. The quantitative estimate of drug-likeness (QED) is 0.925. The normalized spacial score (nSPS) is 28.4. The van der Waals surface area contributed by atoms with Gasteiger partial charge < -0.3 is 14.7 Å². The Morgan fingerprint density at radius 1 is 1.57 bits per heavy atom. The van der Waals surface area contributed by atoms with Crippen LogP contribution in [0.4, 0.5) is 0 Å². The van der Waals surface area contributed by atoms with Crippen molar-refractivity contribution in [1.82, 2.24) is 4.90 Å². The number of hydrogen-bond acceptors (Lipinski definition) is 4. The van der Waals surface area contributed by atoms with Gasteiger partial charge >= 0.3 is 5.97 Å². The third kappa shape index (κ3) is 2.26. The molecule has 0 spiro atoms. The molecule has 3 rings (SSSR count). The third-order valence-corrected chi connectivity index (χ3v) is 5.69. The summed E-state index contributed by atoms with van der Waals surface area (Å²) in [6, 6.07) is 1.97. The molecule has 2 saturated heterocycles. The molecule has 3 heterocycles. The molecule has 1 aromatic heterocycles. The third-order valence-electron chi connectivity index (χ3n) is 4.74. The highest BCUT2D eigenvalue weighted by atomic mass is 32.1. The molecule has 6 heteroatoms. The Bertz CT molecular complexity index is 570. The van der Waals surface area contributed by atoms with E-state index in [2.05, 4.69) is 0 Å². The van der Waals surface area contributed by atoms with Gasteiger partial charge in [0.2, 0.25) is 0 Å². The molecule has 0 unspecified atom stereocenters. The summed E-state index contributed by atoms with van der Waals surface area (Å²) in [5.74, 6) is -0.928. The molecule has 0 saturated carbocycles. The zero-order valence-corrected chi connectivity index (χ0v) is 12.8. The number of carboxylic acids is 1. The van der Waals surface area contributed by atoms with Gasteiger partial charge in [0.05, 0.1) is 16.9 Å². The van der Waals surface area contributed by atoms with E-state index in [0.717, 1.165) is 16.9 Å². The van der Waals surface area contributed by atoms with Crippen LogP contribution >= 0.6 is 11.3 Å². The fourth-order valence-electron chi connectivity index (χ4n) is 3.40. The van der Waals surface area contributed by atoms with Gasteiger partial charge in [0.15, 0.2) is 0 Å². The highest BCUT2D eigenvalue weighted by Crippen LogP contribution is 2.43. The van der Waals surface area contributed by atoms with E-state index in [-0.39, 0.29) is 11.8 Å². The Morgan fingerprint density at radius 3 is 3.05 bits per heavy atom. The molecule has 1 amide bonds. The van der Waals surface area contributed by atoms with E-state index in [0.29, 0.717) is 32.7 Å². The van der Waals surface area contributed by atoms with Crippen molar-refractivity contribution in [2.75, 3.05) is 26.3 Å². The van der Waals surface area contributed by atoms with Gasteiger partial charge in [-0.3, -0.25) is 9.59 Å². The van der Waals surface area contributed by atoms with Gasteiger partial charge in [0.25, 0.3) is 5.91 Å². The molecular formula is C15H19NO4S. The highest BCUT2D eigenvalue weighted by molar-refractivity contribution is 7.12. The van der Waals surface area contributed by atoms with Gasteiger partial charge in [0, 0.05) is 25.6 Å². The first-order chi connectivity index (χ1) is 10.1. The molecule has 0 aliphatic carbocycles.